The van der Waals surface area contributed by atoms with Gasteiger partial charge in [0.15, 0.2) is 0 Å². The predicted molar refractivity (Wildman–Crippen MR) is 152 cm³/mol. The fraction of sp³-hybridized carbons (Fsp3) is 0.118. The van der Waals surface area contributed by atoms with Crippen molar-refractivity contribution in [2.24, 2.45) is 5.92 Å². The molecule has 5 aromatic carbocycles. The third-order valence-electron chi connectivity index (χ3n) is 8.01. The van der Waals surface area contributed by atoms with Crippen molar-refractivity contribution in [2.45, 2.75) is 18.3 Å². The molecule has 1 aliphatic rings. The molecule has 3 heteroatoms. The van der Waals surface area contributed by atoms with Gasteiger partial charge in [-0.3, -0.25) is 9.78 Å². The summed E-state index contributed by atoms with van der Waals surface area (Å²) in [5.41, 5.74) is 4.10. The Labute approximate surface area is 215 Å². The van der Waals surface area contributed by atoms with Gasteiger partial charge in [-0.05, 0) is 63.1 Å². The Hall–Kier alpha value is -4.50. The van der Waals surface area contributed by atoms with E-state index >= 15 is 0 Å². The quantitative estimate of drug-likeness (QED) is 0.278. The van der Waals surface area contributed by atoms with Gasteiger partial charge in [-0.2, -0.15) is 0 Å². The Bertz CT molecular complexity index is 1690. The zero-order chi connectivity index (χ0) is 24.8. The van der Waals surface area contributed by atoms with Gasteiger partial charge in [0.25, 0.3) is 0 Å². The highest BCUT2D eigenvalue weighted by molar-refractivity contribution is 6.03. The zero-order valence-electron chi connectivity index (χ0n) is 20.3. The SMILES string of the molecule is O=C(Nc1cccc2cccnc12)C1C(c2cccc3ccccc23)CC1c1cccc2ccccc12. The lowest BCUT2D eigenvalue weighted by Crippen LogP contribution is -2.42. The van der Waals surface area contributed by atoms with E-state index in [2.05, 4.69) is 95.2 Å². The Kier molecular flexibility index (Phi) is 5.21. The molecule has 1 amide bonds. The van der Waals surface area contributed by atoms with Gasteiger partial charge in [0, 0.05) is 11.6 Å². The topological polar surface area (TPSA) is 42.0 Å². The van der Waals surface area contributed by atoms with E-state index in [-0.39, 0.29) is 23.7 Å². The molecule has 37 heavy (non-hydrogen) atoms. The molecule has 178 valence electrons. The molecule has 0 spiro atoms. The number of anilines is 1. The number of para-hydroxylation sites is 1. The molecular formula is C34H26N2O. The van der Waals surface area contributed by atoms with Crippen molar-refractivity contribution in [3.8, 4) is 0 Å². The highest BCUT2D eigenvalue weighted by Gasteiger charge is 2.48. The van der Waals surface area contributed by atoms with Crippen molar-refractivity contribution in [2.75, 3.05) is 5.32 Å². The molecule has 0 bridgehead atoms. The summed E-state index contributed by atoms with van der Waals surface area (Å²) in [7, 11) is 0. The normalized spacial score (nSPS) is 19.1. The number of hydrogen-bond acceptors (Lipinski definition) is 2. The van der Waals surface area contributed by atoms with Gasteiger partial charge in [0.2, 0.25) is 5.91 Å². The van der Waals surface area contributed by atoms with Gasteiger partial charge in [-0.25, -0.2) is 0 Å². The number of benzene rings is 5. The number of amides is 1. The molecule has 0 radical (unpaired) electrons. The summed E-state index contributed by atoms with van der Waals surface area (Å²) in [4.78, 5) is 18.7. The highest BCUT2D eigenvalue weighted by atomic mass is 16.2. The smallest absolute Gasteiger partial charge is 0.228 e. The second-order valence-electron chi connectivity index (χ2n) is 9.98. The first-order valence-corrected chi connectivity index (χ1v) is 12.9. The van der Waals surface area contributed by atoms with E-state index in [0.717, 1.165) is 23.0 Å². The number of aromatic nitrogens is 1. The van der Waals surface area contributed by atoms with Gasteiger partial charge >= 0.3 is 0 Å². The van der Waals surface area contributed by atoms with Gasteiger partial charge in [-0.1, -0.05) is 103 Å². The summed E-state index contributed by atoms with van der Waals surface area (Å²) in [5.74, 6) is 0.145. The summed E-state index contributed by atoms with van der Waals surface area (Å²) in [6.07, 6.45) is 2.72. The van der Waals surface area contributed by atoms with Crippen LogP contribution in [0.25, 0.3) is 32.4 Å². The molecule has 6 aromatic rings. The first-order chi connectivity index (χ1) is 18.3. The average Bonchev–Trinajstić information content (AvgIpc) is 2.93. The minimum Gasteiger partial charge on any atom is -0.324 e. The van der Waals surface area contributed by atoms with Crippen LogP contribution in [0.5, 0.6) is 0 Å². The zero-order valence-corrected chi connectivity index (χ0v) is 20.3. The van der Waals surface area contributed by atoms with Crippen molar-refractivity contribution >= 4 is 44.0 Å². The van der Waals surface area contributed by atoms with Crippen LogP contribution in [0.4, 0.5) is 5.69 Å². The largest absolute Gasteiger partial charge is 0.324 e. The standard InChI is InChI=1S/C34H26N2O/c37-34(36-31-19-7-13-24-14-8-20-35-33(24)31)32-29(27-17-5-11-22-9-1-3-15-25(22)27)21-30(32)28-18-6-12-23-10-2-4-16-26(23)28/h1-20,29-30,32H,21H2,(H,36,37). The lowest BCUT2D eigenvalue weighted by Gasteiger charge is -2.45. The maximum Gasteiger partial charge on any atom is 0.228 e. The molecule has 2 atom stereocenters. The molecule has 1 fully saturated rings. The summed E-state index contributed by atoms with van der Waals surface area (Å²) in [6.45, 7) is 0. The van der Waals surface area contributed by atoms with Gasteiger partial charge < -0.3 is 5.32 Å². The molecule has 2 unspecified atom stereocenters. The molecule has 1 heterocycles. The number of nitrogens with one attached hydrogen (secondary N) is 1. The van der Waals surface area contributed by atoms with Crippen LogP contribution in [0.2, 0.25) is 0 Å². The van der Waals surface area contributed by atoms with Crippen molar-refractivity contribution in [3.05, 3.63) is 133 Å². The second kappa shape index (κ2) is 8.86. The summed E-state index contributed by atoms with van der Waals surface area (Å²) < 4.78 is 0. The molecule has 1 N–H and O–H groups in total. The van der Waals surface area contributed by atoms with E-state index in [4.69, 9.17) is 0 Å². The van der Waals surface area contributed by atoms with Crippen molar-refractivity contribution < 1.29 is 4.79 Å². The fourth-order valence-electron chi connectivity index (χ4n) is 6.23. The first-order valence-electron chi connectivity index (χ1n) is 12.9. The minimum atomic E-state index is -0.185. The van der Waals surface area contributed by atoms with E-state index < -0.39 is 0 Å². The van der Waals surface area contributed by atoms with E-state index in [1.54, 1.807) is 6.20 Å². The molecule has 3 nitrogen and oxygen atoms in total. The van der Waals surface area contributed by atoms with Crippen molar-refractivity contribution in [3.63, 3.8) is 0 Å². The lowest BCUT2D eigenvalue weighted by molar-refractivity contribution is -0.124. The van der Waals surface area contributed by atoms with Crippen LogP contribution in [0.1, 0.15) is 29.4 Å². The monoisotopic (exact) mass is 478 g/mol. The van der Waals surface area contributed by atoms with Crippen LogP contribution in [-0.2, 0) is 4.79 Å². The van der Waals surface area contributed by atoms with Crippen LogP contribution in [0, 0.1) is 5.92 Å². The van der Waals surface area contributed by atoms with Gasteiger partial charge in [-0.15, -0.1) is 0 Å². The number of fused-ring (bicyclic) bond motifs is 3. The second-order valence-corrected chi connectivity index (χ2v) is 9.98. The van der Waals surface area contributed by atoms with E-state index in [1.807, 2.05) is 30.3 Å². The molecular weight excluding hydrogens is 452 g/mol. The summed E-state index contributed by atoms with van der Waals surface area (Å²) in [5, 5.41) is 9.19. The van der Waals surface area contributed by atoms with Crippen LogP contribution in [-0.4, -0.2) is 10.9 Å². The Balaban J connectivity index is 1.33. The number of nitrogens with zero attached hydrogens (tertiary/aromatic N) is 1. The molecule has 0 saturated heterocycles. The van der Waals surface area contributed by atoms with E-state index in [1.165, 1.54) is 32.7 Å². The van der Waals surface area contributed by atoms with Crippen LogP contribution >= 0.6 is 0 Å². The average molecular weight is 479 g/mol. The highest BCUT2D eigenvalue weighted by Crippen LogP contribution is 2.55. The third-order valence-corrected chi connectivity index (χ3v) is 8.01. The number of carbonyl (C=O) groups excluding carboxylic acids is 1. The third kappa shape index (κ3) is 3.66. The molecule has 1 saturated carbocycles. The Morgan fingerprint density at radius 2 is 1.16 bits per heavy atom. The van der Waals surface area contributed by atoms with Gasteiger partial charge in [0.1, 0.15) is 0 Å². The lowest BCUT2D eigenvalue weighted by atomic mass is 9.58. The van der Waals surface area contributed by atoms with Crippen molar-refractivity contribution in [1.29, 1.82) is 0 Å². The number of pyridine rings is 1. The Morgan fingerprint density at radius 1 is 0.622 bits per heavy atom. The first kappa shape index (κ1) is 21.8. The number of rotatable bonds is 4. The molecule has 1 aromatic heterocycles. The summed E-state index contributed by atoms with van der Waals surface area (Å²) >= 11 is 0. The number of hydrogen-bond donors (Lipinski definition) is 1. The maximum absolute atomic E-state index is 14.1. The van der Waals surface area contributed by atoms with E-state index in [9.17, 15) is 4.79 Å². The van der Waals surface area contributed by atoms with Crippen LogP contribution in [0.15, 0.2) is 121 Å². The maximum atomic E-state index is 14.1. The van der Waals surface area contributed by atoms with E-state index in [0.29, 0.717) is 0 Å². The van der Waals surface area contributed by atoms with Crippen LogP contribution < -0.4 is 5.32 Å². The van der Waals surface area contributed by atoms with Crippen molar-refractivity contribution in [1.82, 2.24) is 4.98 Å². The summed E-state index contributed by atoms with van der Waals surface area (Å²) in [6, 6.07) is 39.8. The Morgan fingerprint density at radius 3 is 1.84 bits per heavy atom. The molecule has 0 aliphatic heterocycles. The van der Waals surface area contributed by atoms with Gasteiger partial charge in [0.05, 0.1) is 17.1 Å². The predicted octanol–water partition coefficient (Wildman–Crippen LogP) is 8.07. The number of carbonyl (C=O) groups is 1. The minimum absolute atomic E-state index is 0.0558. The molecule has 7 rings (SSSR count). The molecule has 1 aliphatic carbocycles. The fourth-order valence-corrected chi connectivity index (χ4v) is 6.23. The van der Waals surface area contributed by atoms with Crippen LogP contribution in [0.3, 0.4) is 0 Å².